The largest absolute Gasteiger partial charge is 0.372 e. The number of hydrogen-bond acceptors (Lipinski definition) is 4. The van der Waals surface area contributed by atoms with Gasteiger partial charge < -0.3 is 9.47 Å². The van der Waals surface area contributed by atoms with Gasteiger partial charge in [-0.05, 0) is 81.4 Å². The maximum absolute atomic E-state index is 12.2. The third kappa shape index (κ3) is 3.54. The van der Waals surface area contributed by atoms with Crippen molar-refractivity contribution in [1.29, 1.82) is 0 Å². The van der Waals surface area contributed by atoms with Crippen LogP contribution in [-0.2, 0) is 4.79 Å². The quantitative estimate of drug-likeness (QED) is 0.708. The van der Waals surface area contributed by atoms with E-state index in [-0.39, 0.29) is 11.1 Å². The highest BCUT2D eigenvalue weighted by atomic mass is 32.2. The van der Waals surface area contributed by atoms with Gasteiger partial charge in [0.05, 0.1) is 4.91 Å². The first-order chi connectivity index (χ1) is 12.9. The van der Waals surface area contributed by atoms with Crippen LogP contribution in [0, 0.1) is 13.8 Å². The van der Waals surface area contributed by atoms with E-state index in [1.807, 2.05) is 19.9 Å². The first kappa shape index (κ1) is 19.3. The zero-order valence-corrected chi connectivity index (χ0v) is 17.3. The minimum Gasteiger partial charge on any atom is -0.372 e. The maximum atomic E-state index is 12.2. The molecule has 1 aromatic heterocycles. The number of carbonyl (C=O) groups excluding carboxylic acids is 2. The number of aryl methyl sites for hydroxylation is 1. The molecule has 27 heavy (non-hydrogen) atoms. The van der Waals surface area contributed by atoms with Crippen molar-refractivity contribution in [3.63, 3.8) is 0 Å². The molecule has 1 aromatic carbocycles. The normalized spacial score (nSPS) is 15.9. The van der Waals surface area contributed by atoms with Crippen LogP contribution < -0.4 is 4.90 Å². The fourth-order valence-electron chi connectivity index (χ4n) is 3.42. The van der Waals surface area contributed by atoms with Gasteiger partial charge in [-0.2, -0.15) is 0 Å². The molecule has 1 fully saturated rings. The second kappa shape index (κ2) is 7.64. The molecule has 142 valence electrons. The monoisotopic (exact) mass is 383 g/mol. The van der Waals surface area contributed by atoms with Crippen molar-refractivity contribution in [2.24, 2.45) is 0 Å². The summed E-state index contributed by atoms with van der Waals surface area (Å²) >= 11 is 0.990. The van der Waals surface area contributed by atoms with Gasteiger partial charge in [0.1, 0.15) is 0 Å². The summed E-state index contributed by atoms with van der Waals surface area (Å²) in [6.07, 6.45) is 1.82. The van der Waals surface area contributed by atoms with Crippen LogP contribution in [0.5, 0.6) is 0 Å². The average Bonchev–Trinajstić information content (AvgIpc) is 3.07. The molecule has 0 saturated carbocycles. The standard InChI is InChI=1S/C21H25N3O2S/c1-6-23(7-2)17-8-10-18(11-9-17)24-14(3)12-16(15(24)4)13-19-20(25)22(5)21(26)27-19/h8-13H,6-7H2,1-5H3/b19-13-. The minimum atomic E-state index is -0.238. The number of anilines is 1. The summed E-state index contributed by atoms with van der Waals surface area (Å²) in [5.41, 5.74) is 5.39. The Kier molecular flexibility index (Phi) is 5.46. The highest BCUT2D eigenvalue weighted by molar-refractivity contribution is 8.18. The number of rotatable bonds is 5. The van der Waals surface area contributed by atoms with Crippen LogP contribution in [-0.4, -0.2) is 40.8 Å². The fourth-order valence-corrected chi connectivity index (χ4v) is 4.24. The van der Waals surface area contributed by atoms with Crippen LogP contribution in [0.1, 0.15) is 30.8 Å². The Morgan fingerprint density at radius 3 is 2.22 bits per heavy atom. The summed E-state index contributed by atoms with van der Waals surface area (Å²) in [5, 5.41) is -0.230. The van der Waals surface area contributed by atoms with Gasteiger partial charge in [0.2, 0.25) is 0 Å². The molecule has 0 N–H and O–H groups in total. The number of hydrogen-bond donors (Lipinski definition) is 0. The van der Waals surface area contributed by atoms with E-state index in [9.17, 15) is 9.59 Å². The number of imide groups is 1. The van der Waals surface area contributed by atoms with Crippen LogP contribution in [0.25, 0.3) is 11.8 Å². The number of carbonyl (C=O) groups is 2. The summed E-state index contributed by atoms with van der Waals surface area (Å²) in [4.78, 5) is 27.8. The van der Waals surface area contributed by atoms with Gasteiger partial charge in [-0.15, -0.1) is 0 Å². The molecule has 0 bridgehead atoms. The van der Waals surface area contributed by atoms with E-state index in [0.717, 1.165) is 52.4 Å². The molecular formula is C21H25N3O2S. The molecule has 5 nitrogen and oxygen atoms in total. The van der Waals surface area contributed by atoms with Gasteiger partial charge in [-0.3, -0.25) is 14.5 Å². The third-order valence-corrected chi connectivity index (χ3v) is 5.94. The summed E-state index contributed by atoms with van der Waals surface area (Å²) < 4.78 is 2.17. The number of nitrogens with zero attached hydrogens (tertiary/aromatic N) is 3. The second-order valence-electron chi connectivity index (χ2n) is 6.59. The summed E-state index contributed by atoms with van der Waals surface area (Å²) in [6, 6.07) is 10.6. The highest BCUT2D eigenvalue weighted by Gasteiger charge is 2.32. The van der Waals surface area contributed by atoms with Crippen LogP contribution in [0.2, 0.25) is 0 Å². The van der Waals surface area contributed by atoms with E-state index in [0.29, 0.717) is 4.91 Å². The zero-order valence-electron chi connectivity index (χ0n) is 16.4. The van der Waals surface area contributed by atoms with Crippen molar-refractivity contribution in [2.75, 3.05) is 25.0 Å². The zero-order chi connectivity index (χ0) is 19.7. The molecule has 0 spiro atoms. The van der Waals surface area contributed by atoms with Crippen molar-refractivity contribution in [1.82, 2.24) is 9.47 Å². The maximum Gasteiger partial charge on any atom is 0.293 e. The number of aromatic nitrogens is 1. The van der Waals surface area contributed by atoms with E-state index in [2.05, 4.69) is 53.6 Å². The van der Waals surface area contributed by atoms with Crippen LogP contribution >= 0.6 is 11.8 Å². The van der Waals surface area contributed by atoms with Crippen molar-refractivity contribution in [3.05, 3.63) is 52.2 Å². The number of thioether (sulfide) groups is 1. The van der Waals surface area contributed by atoms with Crippen LogP contribution in [0.3, 0.4) is 0 Å². The van der Waals surface area contributed by atoms with E-state index in [1.54, 1.807) is 0 Å². The Morgan fingerprint density at radius 2 is 1.70 bits per heavy atom. The van der Waals surface area contributed by atoms with Crippen molar-refractivity contribution < 1.29 is 9.59 Å². The van der Waals surface area contributed by atoms with E-state index >= 15 is 0 Å². The molecule has 3 rings (SSSR count). The topological polar surface area (TPSA) is 45.6 Å². The van der Waals surface area contributed by atoms with E-state index in [4.69, 9.17) is 0 Å². The molecule has 0 aliphatic carbocycles. The van der Waals surface area contributed by atoms with Gasteiger partial charge in [-0.25, -0.2) is 0 Å². The smallest absolute Gasteiger partial charge is 0.293 e. The molecule has 1 aliphatic heterocycles. The highest BCUT2D eigenvalue weighted by Crippen LogP contribution is 2.33. The molecule has 6 heteroatoms. The molecular weight excluding hydrogens is 358 g/mol. The minimum absolute atomic E-state index is 0.230. The average molecular weight is 384 g/mol. The lowest BCUT2D eigenvalue weighted by molar-refractivity contribution is -0.121. The predicted molar refractivity (Wildman–Crippen MR) is 113 cm³/mol. The van der Waals surface area contributed by atoms with Gasteiger partial charge >= 0.3 is 0 Å². The molecule has 1 aliphatic rings. The van der Waals surface area contributed by atoms with Crippen LogP contribution in [0.15, 0.2) is 35.2 Å². The predicted octanol–water partition coefficient (Wildman–Crippen LogP) is 4.61. The Labute approximate surface area is 164 Å². The van der Waals surface area contributed by atoms with Gasteiger partial charge in [0, 0.05) is 42.9 Å². The van der Waals surface area contributed by atoms with Crippen molar-refractivity contribution in [2.45, 2.75) is 27.7 Å². The molecule has 2 heterocycles. The van der Waals surface area contributed by atoms with Gasteiger partial charge in [0.15, 0.2) is 0 Å². The lowest BCUT2D eigenvalue weighted by Gasteiger charge is -2.21. The SMILES string of the molecule is CCN(CC)c1ccc(-n2c(C)cc(/C=C3\SC(=O)N(C)C3=O)c2C)cc1. The van der Waals surface area contributed by atoms with Gasteiger partial charge in [-0.1, -0.05) is 0 Å². The van der Waals surface area contributed by atoms with Crippen molar-refractivity contribution >= 4 is 34.7 Å². The molecule has 1 saturated heterocycles. The molecule has 0 atom stereocenters. The first-order valence-electron chi connectivity index (χ1n) is 9.13. The molecule has 0 unspecified atom stereocenters. The Balaban J connectivity index is 1.95. The van der Waals surface area contributed by atoms with Gasteiger partial charge in [0.25, 0.3) is 11.1 Å². The fraction of sp³-hybridized carbons (Fsp3) is 0.333. The first-order valence-corrected chi connectivity index (χ1v) is 9.94. The van der Waals surface area contributed by atoms with Crippen molar-refractivity contribution in [3.8, 4) is 5.69 Å². The van der Waals surface area contributed by atoms with Crippen LogP contribution in [0.4, 0.5) is 10.5 Å². The molecule has 2 aromatic rings. The number of amides is 2. The molecule has 0 radical (unpaired) electrons. The summed E-state index contributed by atoms with van der Waals surface area (Å²) in [5.74, 6) is -0.238. The third-order valence-electron chi connectivity index (χ3n) is 4.98. The Hall–Kier alpha value is -2.47. The summed E-state index contributed by atoms with van der Waals surface area (Å²) in [6.45, 7) is 10.4. The lowest BCUT2D eigenvalue weighted by Crippen LogP contribution is -2.22. The number of benzene rings is 1. The molecule has 2 amide bonds. The Bertz CT molecular complexity index is 908. The lowest BCUT2D eigenvalue weighted by atomic mass is 10.2. The Morgan fingerprint density at radius 1 is 1.07 bits per heavy atom. The van der Waals surface area contributed by atoms with E-state index < -0.39 is 0 Å². The summed E-state index contributed by atoms with van der Waals surface area (Å²) in [7, 11) is 1.51. The number of likely N-dealkylation sites (N-methyl/N-ethyl adjacent to an activating group) is 1. The second-order valence-corrected chi connectivity index (χ2v) is 7.58. The van der Waals surface area contributed by atoms with E-state index in [1.165, 1.54) is 12.7 Å².